The van der Waals surface area contributed by atoms with Crippen LogP contribution in [-0.2, 0) is 16.1 Å². The van der Waals surface area contributed by atoms with Gasteiger partial charge in [-0.2, -0.15) is 0 Å². The van der Waals surface area contributed by atoms with Crippen LogP contribution in [0.3, 0.4) is 0 Å². The lowest BCUT2D eigenvalue weighted by Gasteiger charge is -2.09. The molecule has 0 amide bonds. The zero-order valence-electron chi connectivity index (χ0n) is 14.5. The molecule has 7 nitrogen and oxygen atoms in total. The Morgan fingerprint density at radius 1 is 1.22 bits per heavy atom. The van der Waals surface area contributed by atoms with E-state index in [1.807, 2.05) is 12.1 Å². The van der Waals surface area contributed by atoms with Crippen molar-refractivity contribution in [3.8, 4) is 22.3 Å². The number of hydrogen-bond acceptors (Lipinski definition) is 8. The molecule has 0 radical (unpaired) electrons. The van der Waals surface area contributed by atoms with Crippen LogP contribution in [0.25, 0.3) is 16.8 Å². The summed E-state index contributed by atoms with van der Waals surface area (Å²) in [5.41, 5.74) is 0.771. The smallest absolute Gasteiger partial charge is 0.330 e. The molecule has 0 saturated heterocycles. The fraction of sp³-hybridized carbons (Fsp3) is 0.167. The topological polar surface area (TPSA) is 83.7 Å². The van der Waals surface area contributed by atoms with E-state index in [2.05, 4.69) is 30.9 Å². The van der Waals surface area contributed by atoms with Crippen LogP contribution in [-0.4, -0.2) is 30.4 Å². The van der Waals surface area contributed by atoms with Crippen molar-refractivity contribution in [2.75, 3.05) is 14.2 Å². The van der Waals surface area contributed by atoms with Gasteiger partial charge in [0, 0.05) is 6.08 Å². The molecule has 0 spiro atoms. The first kappa shape index (κ1) is 19.1. The van der Waals surface area contributed by atoms with Crippen LogP contribution in [0.1, 0.15) is 11.5 Å². The molecule has 2 heterocycles. The van der Waals surface area contributed by atoms with Crippen LogP contribution >= 0.6 is 27.3 Å². The SMILES string of the molecule is COC(=O)C=Cc1ccc(OCc2nnc(-c3ccc(Br)s3)o2)c(OC)c1. The maximum absolute atomic E-state index is 11.2. The highest BCUT2D eigenvalue weighted by atomic mass is 79.9. The number of ether oxygens (including phenoxy) is 3. The van der Waals surface area contributed by atoms with Crippen LogP contribution in [0, 0.1) is 0 Å². The molecular formula is C18H15BrN2O5S. The lowest BCUT2D eigenvalue weighted by Crippen LogP contribution is -1.98. The monoisotopic (exact) mass is 450 g/mol. The van der Waals surface area contributed by atoms with Gasteiger partial charge in [-0.15, -0.1) is 21.5 Å². The first-order chi connectivity index (χ1) is 13.1. The zero-order valence-corrected chi connectivity index (χ0v) is 16.9. The molecule has 0 aliphatic rings. The second kappa shape index (κ2) is 8.83. The number of halogens is 1. The van der Waals surface area contributed by atoms with Crippen LogP contribution in [0.2, 0.25) is 0 Å². The first-order valence-electron chi connectivity index (χ1n) is 7.74. The van der Waals surface area contributed by atoms with E-state index < -0.39 is 5.97 Å². The van der Waals surface area contributed by atoms with Gasteiger partial charge in [0.05, 0.1) is 22.9 Å². The largest absolute Gasteiger partial charge is 0.493 e. The van der Waals surface area contributed by atoms with Crippen LogP contribution in [0.4, 0.5) is 0 Å². The Kier molecular flexibility index (Phi) is 6.25. The molecule has 140 valence electrons. The molecule has 0 aliphatic carbocycles. The Balaban J connectivity index is 1.68. The van der Waals surface area contributed by atoms with Gasteiger partial charge in [-0.3, -0.25) is 0 Å². The van der Waals surface area contributed by atoms with Crippen LogP contribution in [0.15, 0.2) is 44.6 Å². The van der Waals surface area contributed by atoms with Crippen molar-refractivity contribution in [3.63, 3.8) is 0 Å². The number of carbonyl (C=O) groups excluding carboxylic acids is 1. The van der Waals surface area contributed by atoms with E-state index in [9.17, 15) is 4.79 Å². The number of carbonyl (C=O) groups is 1. The van der Waals surface area contributed by atoms with E-state index in [1.54, 1.807) is 24.3 Å². The molecule has 0 bridgehead atoms. The van der Waals surface area contributed by atoms with E-state index in [0.29, 0.717) is 23.3 Å². The molecule has 0 N–H and O–H groups in total. The minimum Gasteiger partial charge on any atom is -0.493 e. The Morgan fingerprint density at radius 3 is 2.78 bits per heavy atom. The molecule has 3 rings (SSSR count). The Labute approximate surface area is 167 Å². The van der Waals surface area contributed by atoms with E-state index >= 15 is 0 Å². The summed E-state index contributed by atoms with van der Waals surface area (Å²) < 4.78 is 22.2. The van der Waals surface area contributed by atoms with E-state index in [1.165, 1.54) is 31.6 Å². The van der Waals surface area contributed by atoms with Crippen LogP contribution in [0.5, 0.6) is 11.5 Å². The Hall–Kier alpha value is -2.65. The highest BCUT2D eigenvalue weighted by Crippen LogP contribution is 2.31. The fourth-order valence-corrected chi connectivity index (χ4v) is 3.43. The van der Waals surface area contributed by atoms with E-state index in [0.717, 1.165) is 14.2 Å². The van der Waals surface area contributed by atoms with Crippen molar-refractivity contribution in [1.82, 2.24) is 10.2 Å². The molecule has 3 aromatic rings. The minimum atomic E-state index is -0.431. The average Bonchev–Trinajstić information content (AvgIpc) is 3.33. The molecule has 0 saturated carbocycles. The maximum Gasteiger partial charge on any atom is 0.330 e. The average molecular weight is 451 g/mol. The summed E-state index contributed by atoms with van der Waals surface area (Å²) in [5.74, 6) is 1.40. The highest BCUT2D eigenvalue weighted by molar-refractivity contribution is 9.11. The zero-order chi connectivity index (χ0) is 19.2. The summed E-state index contributed by atoms with van der Waals surface area (Å²) in [6, 6.07) is 9.10. The number of thiophene rings is 1. The third-order valence-corrected chi connectivity index (χ3v) is 5.01. The number of rotatable bonds is 7. The number of hydrogen-bond donors (Lipinski definition) is 0. The Bertz CT molecular complexity index is 966. The molecule has 0 unspecified atom stereocenters. The lowest BCUT2D eigenvalue weighted by atomic mass is 10.2. The summed E-state index contributed by atoms with van der Waals surface area (Å²) in [5, 5.41) is 8.02. The molecule has 2 aromatic heterocycles. The van der Waals surface area contributed by atoms with Crippen molar-refractivity contribution in [3.05, 3.63) is 51.6 Å². The Morgan fingerprint density at radius 2 is 2.07 bits per heavy atom. The number of benzene rings is 1. The van der Waals surface area contributed by atoms with E-state index in [4.69, 9.17) is 13.9 Å². The second-order valence-electron chi connectivity index (χ2n) is 5.16. The lowest BCUT2D eigenvalue weighted by molar-refractivity contribution is -0.134. The third kappa shape index (κ3) is 4.95. The molecule has 9 heteroatoms. The summed E-state index contributed by atoms with van der Waals surface area (Å²) >= 11 is 4.91. The van der Waals surface area contributed by atoms with Crippen molar-refractivity contribution in [2.24, 2.45) is 0 Å². The van der Waals surface area contributed by atoms with Crippen molar-refractivity contribution < 1.29 is 23.4 Å². The summed E-state index contributed by atoms with van der Waals surface area (Å²) in [4.78, 5) is 12.1. The molecule has 0 atom stereocenters. The van der Waals surface area contributed by atoms with Gasteiger partial charge in [0.2, 0.25) is 0 Å². The number of methoxy groups -OCH3 is 2. The molecule has 0 aliphatic heterocycles. The van der Waals surface area contributed by atoms with Gasteiger partial charge in [0.25, 0.3) is 11.8 Å². The predicted octanol–water partition coefficient (Wildman–Crippen LogP) is 4.33. The normalized spacial score (nSPS) is 10.9. The first-order valence-corrected chi connectivity index (χ1v) is 9.35. The fourth-order valence-electron chi connectivity index (χ4n) is 2.12. The van der Waals surface area contributed by atoms with Gasteiger partial charge in [0.15, 0.2) is 18.1 Å². The summed E-state index contributed by atoms with van der Waals surface area (Å²) in [6.45, 7) is 0.104. The van der Waals surface area contributed by atoms with Gasteiger partial charge in [0.1, 0.15) is 0 Å². The van der Waals surface area contributed by atoms with Crippen molar-refractivity contribution in [1.29, 1.82) is 0 Å². The number of aromatic nitrogens is 2. The van der Waals surface area contributed by atoms with Gasteiger partial charge in [-0.05, 0) is 51.8 Å². The van der Waals surface area contributed by atoms with Gasteiger partial charge >= 0.3 is 5.97 Å². The van der Waals surface area contributed by atoms with Gasteiger partial charge < -0.3 is 18.6 Å². The van der Waals surface area contributed by atoms with Crippen molar-refractivity contribution in [2.45, 2.75) is 6.61 Å². The highest BCUT2D eigenvalue weighted by Gasteiger charge is 2.12. The molecular weight excluding hydrogens is 436 g/mol. The summed E-state index contributed by atoms with van der Waals surface area (Å²) in [7, 11) is 2.86. The van der Waals surface area contributed by atoms with E-state index in [-0.39, 0.29) is 6.61 Å². The molecule has 0 fully saturated rings. The molecule has 1 aromatic carbocycles. The number of esters is 1. The van der Waals surface area contributed by atoms with Gasteiger partial charge in [-0.25, -0.2) is 4.79 Å². The molecule has 27 heavy (non-hydrogen) atoms. The van der Waals surface area contributed by atoms with Crippen molar-refractivity contribution >= 4 is 39.3 Å². The van der Waals surface area contributed by atoms with Gasteiger partial charge in [-0.1, -0.05) is 6.07 Å². The second-order valence-corrected chi connectivity index (χ2v) is 7.62. The predicted molar refractivity (Wildman–Crippen MR) is 104 cm³/mol. The number of nitrogens with zero attached hydrogens (tertiary/aromatic N) is 2. The minimum absolute atomic E-state index is 0.104. The van der Waals surface area contributed by atoms with Crippen LogP contribution < -0.4 is 9.47 Å². The summed E-state index contributed by atoms with van der Waals surface area (Å²) in [6.07, 6.45) is 2.96. The maximum atomic E-state index is 11.2. The standard InChI is InChI=1S/C18H15BrN2O5S/c1-23-13-9-11(4-8-17(22)24-2)3-5-12(13)25-10-16-20-21-18(26-16)14-6-7-15(19)27-14/h3-9H,10H2,1-2H3. The third-order valence-electron chi connectivity index (χ3n) is 3.40. The quantitative estimate of drug-likeness (QED) is 0.391.